The van der Waals surface area contributed by atoms with Gasteiger partial charge in [0.25, 0.3) is 0 Å². The molecule has 7 amide bonds. The van der Waals surface area contributed by atoms with Crippen LogP contribution < -0.4 is 26.0 Å². The number of anilines is 1. The maximum absolute atomic E-state index is 14.9. The highest BCUT2D eigenvalue weighted by atomic mass is 16.7. The highest BCUT2D eigenvalue weighted by Gasteiger charge is 2.49. The smallest absolute Gasteiger partial charge is 0.410 e. The summed E-state index contributed by atoms with van der Waals surface area (Å²) >= 11 is 0. The van der Waals surface area contributed by atoms with Crippen molar-refractivity contribution in [3.63, 3.8) is 0 Å². The summed E-state index contributed by atoms with van der Waals surface area (Å²) in [5.41, 5.74) is 0.816. The van der Waals surface area contributed by atoms with Crippen molar-refractivity contribution in [3.05, 3.63) is 59.7 Å². The Morgan fingerprint density at radius 1 is 0.755 bits per heavy atom. The number of amides is 7. The molecular formula is C69H107N7O22. The Hall–Kier alpha value is -7.08. The first kappa shape index (κ1) is 83.3. The fourth-order valence-corrected chi connectivity index (χ4v) is 11.8. The largest absolute Gasteiger partial charge is 0.467 e. The molecule has 0 spiro atoms. The third kappa shape index (κ3) is 25.0. The number of aliphatic hydroxyl groups is 4. The Labute approximate surface area is 575 Å². The van der Waals surface area contributed by atoms with Crippen LogP contribution in [0.5, 0.6) is 5.75 Å². The van der Waals surface area contributed by atoms with Crippen LogP contribution in [0.3, 0.4) is 0 Å². The average Bonchev–Trinajstić information content (AvgIpc) is 1.27. The van der Waals surface area contributed by atoms with Gasteiger partial charge in [-0.25, -0.2) is 9.59 Å². The van der Waals surface area contributed by atoms with Gasteiger partial charge < -0.3 is 98.9 Å². The third-order valence-electron chi connectivity index (χ3n) is 17.5. The fraction of sp³-hybridized carbons (Fsp3) is 0.681. The van der Waals surface area contributed by atoms with Crippen LogP contribution in [0.2, 0.25) is 0 Å². The number of likely N-dealkylation sites (N-methyl/N-ethyl adjacent to an activating group) is 2. The zero-order chi connectivity index (χ0) is 72.8. The lowest BCUT2D eigenvalue weighted by Gasteiger charge is -2.41. The lowest BCUT2D eigenvalue weighted by Crippen LogP contribution is -2.61. The summed E-state index contributed by atoms with van der Waals surface area (Å²) in [7, 11) is 6.92. The van der Waals surface area contributed by atoms with Crippen molar-refractivity contribution in [2.75, 3.05) is 107 Å². The minimum absolute atomic E-state index is 0.0285. The quantitative estimate of drug-likeness (QED) is 0.0269. The Balaban J connectivity index is 1.45. The second kappa shape index (κ2) is 42.8. The molecule has 0 radical (unpaired) electrons. The van der Waals surface area contributed by atoms with E-state index in [4.69, 9.17) is 53.8 Å². The molecule has 15 atom stereocenters. The molecule has 2 aliphatic heterocycles. The van der Waals surface area contributed by atoms with Gasteiger partial charge in [-0.1, -0.05) is 91.1 Å². The van der Waals surface area contributed by atoms with Gasteiger partial charge in [0.15, 0.2) is 6.10 Å². The van der Waals surface area contributed by atoms with E-state index in [1.165, 1.54) is 44.4 Å². The van der Waals surface area contributed by atoms with E-state index in [1.54, 1.807) is 77.8 Å². The monoisotopic (exact) mass is 1390 g/mol. The Morgan fingerprint density at radius 2 is 1.39 bits per heavy atom. The summed E-state index contributed by atoms with van der Waals surface area (Å²) in [6.07, 6.45) is -6.55. The highest BCUT2D eigenvalue weighted by molar-refractivity contribution is 5.94. The van der Waals surface area contributed by atoms with Crippen molar-refractivity contribution < 1.29 is 106 Å². The normalized spacial score (nSPS) is 20.4. The number of aliphatic hydroxyl groups excluding tert-OH is 4. The van der Waals surface area contributed by atoms with Crippen molar-refractivity contribution in [1.82, 2.24) is 30.7 Å². The Kier molecular flexibility index (Phi) is 36.4. The summed E-state index contributed by atoms with van der Waals surface area (Å²) in [6.45, 7) is 16.7. The molecule has 2 aliphatic rings. The molecule has 4 rings (SSSR count). The number of rotatable bonds is 42. The van der Waals surface area contributed by atoms with Crippen molar-refractivity contribution in [3.8, 4) is 18.1 Å². The number of hydrogen-bond donors (Lipinski definition) is 8. The third-order valence-corrected chi connectivity index (χ3v) is 17.5. The van der Waals surface area contributed by atoms with Crippen LogP contribution in [0, 0.1) is 36.0 Å². The number of benzene rings is 2. The molecule has 0 aliphatic carbocycles. The number of ether oxygens (including phenoxy) is 10. The molecule has 2 aromatic rings. The highest BCUT2D eigenvalue weighted by Crippen LogP contribution is 2.33. The Bertz CT molecular complexity index is 2870. The summed E-state index contributed by atoms with van der Waals surface area (Å²) in [5.74, 6) is -3.68. The van der Waals surface area contributed by atoms with E-state index in [0.717, 1.165) is 12.0 Å². The fourth-order valence-electron chi connectivity index (χ4n) is 11.8. The van der Waals surface area contributed by atoms with Crippen LogP contribution in [-0.2, 0) is 82.8 Å². The molecular weight excluding hydrogens is 1280 g/mol. The molecule has 98 heavy (non-hydrogen) atoms. The van der Waals surface area contributed by atoms with E-state index in [9.17, 15) is 58.8 Å². The molecule has 2 heterocycles. The average molecular weight is 1390 g/mol. The van der Waals surface area contributed by atoms with Crippen LogP contribution in [0.4, 0.5) is 10.5 Å². The van der Waals surface area contributed by atoms with E-state index in [-0.39, 0.29) is 80.4 Å². The van der Waals surface area contributed by atoms with Crippen LogP contribution in [-0.4, -0.2) is 257 Å². The van der Waals surface area contributed by atoms with Gasteiger partial charge >= 0.3 is 12.1 Å². The maximum atomic E-state index is 14.9. The predicted molar refractivity (Wildman–Crippen MR) is 357 cm³/mol. The molecule has 550 valence electrons. The van der Waals surface area contributed by atoms with Crippen molar-refractivity contribution in [2.45, 2.75) is 180 Å². The van der Waals surface area contributed by atoms with Crippen LogP contribution >= 0.6 is 0 Å². The number of nitrogens with zero attached hydrogens (tertiary/aromatic N) is 3. The molecule has 2 aromatic carbocycles. The molecule has 2 fully saturated rings. The van der Waals surface area contributed by atoms with Gasteiger partial charge in [-0.05, 0) is 61.3 Å². The number of carbonyl (C=O) groups excluding carboxylic acids is 8. The number of carbonyl (C=O) groups is 8. The van der Waals surface area contributed by atoms with Crippen LogP contribution in [0.25, 0.3) is 0 Å². The zero-order valence-corrected chi connectivity index (χ0v) is 59.0. The van der Waals surface area contributed by atoms with E-state index >= 15 is 0 Å². The first-order valence-electron chi connectivity index (χ1n) is 33.4. The minimum atomic E-state index is -1.95. The van der Waals surface area contributed by atoms with Gasteiger partial charge in [-0.3, -0.25) is 33.7 Å². The number of methoxy groups -OCH3 is 3. The zero-order valence-electron chi connectivity index (χ0n) is 59.0. The van der Waals surface area contributed by atoms with E-state index < -0.39 is 139 Å². The molecule has 0 bridgehead atoms. The lowest BCUT2D eigenvalue weighted by atomic mass is 9.89. The van der Waals surface area contributed by atoms with E-state index in [1.807, 2.05) is 19.9 Å². The molecule has 29 heteroatoms. The second-order valence-electron chi connectivity index (χ2n) is 25.2. The number of nitrogens with one attached hydrogen (secondary N) is 4. The summed E-state index contributed by atoms with van der Waals surface area (Å²) < 4.78 is 55.5. The summed E-state index contributed by atoms with van der Waals surface area (Å²) in [5, 5.41) is 54.4. The van der Waals surface area contributed by atoms with Crippen LogP contribution in [0.1, 0.15) is 111 Å². The second-order valence-corrected chi connectivity index (χ2v) is 25.2. The lowest BCUT2D eigenvalue weighted by molar-refractivity contribution is -0.272. The standard InChI is InChI=1S/C69H107N7O22/c1-15-30-92-32-34-94-36-37-95-35-33-93-31-28-70-52(77)26-27-53(78)72-48-24-25-50(97-68-61(83)59(81)60(82)63(98-68)67(87)91-14)47(38-48)40-96-69(88)75(11)56(42(5)6)65(85)73-55(41(3)4)66(86)74(10)57(43(7)16-2)51(89-12)39-54(79)76-29-20-23-49(76)62(90-13)44(8)64(84)71-45(9)58(80)46-21-18-17-19-22-46/h1,17-19,21-22,24-25,38,41-45,49,51,55-63,68,80-83H,16,20,23,26-37,39-40H2,2-14H3,(H,70,77)(H,71,84)(H,72,78)(H,73,85)/t43-,44+,45+,49-,51+,55-,56-,57-,58+,59?,60?,61?,62+,63?,68?/m0/s1. The van der Waals surface area contributed by atoms with Crippen LogP contribution in [0.15, 0.2) is 48.5 Å². The first-order chi connectivity index (χ1) is 46.7. The molecule has 0 saturated carbocycles. The van der Waals surface area contributed by atoms with E-state index in [0.29, 0.717) is 64.4 Å². The van der Waals surface area contributed by atoms with Gasteiger partial charge in [-0.15, -0.1) is 6.42 Å². The number of hydrogen-bond acceptors (Lipinski definition) is 22. The summed E-state index contributed by atoms with van der Waals surface area (Å²) in [4.78, 5) is 115. The van der Waals surface area contributed by atoms with Gasteiger partial charge in [-0.2, -0.15) is 0 Å². The molecule has 8 N–H and O–H groups in total. The number of esters is 1. The SMILES string of the molecule is C#CCOCCOCCOCCOCCNC(=O)CCC(=O)Nc1ccc(OC2OC(C(=O)OC)C(O)C(O)C2O)c(COC(=O)N(C)[C@H](C(=O)N[C@H](C(=O)N(C)[C@@H]([C@@H](C)CC)[C@@H](CC(=O)N2CCC[C@H]2[C@H](OC)[C@@H](C)C(=O)N[C@H](C)[C@@H](O)c2ccccc2)OC)C(C)C)C(C)C)c1. The topological polar surface area (TPSA) is 368 Å². The molecule has 0 aromatic heterocycles. The molecule has 29 nitrogen and oxygen atoms in total. The van der Waals surface area contributed by atoms with Crippen molar-refractivity contribution in [1.29, 1.82) is 0 Å². The predicted octanol–water partition coefficient (Wildman–Crippen LogP) is 2.47. The van der Waals surface area contributed by atoms with Gasteiger partial charge in [0.1, 0.15) is 49.4 Å². The minimum Gasteiger partial charge on any atom is -0.467 e. The number of likely N-dealkylation sites (tertiary alicyclic amines) is 1. The van der Waals surface area contributed by atoms with Crippen molar-refractivity contribution >= 4 is 53.2 Å². The first-order valence-corrected chi connectivity index (χ1v) is 33.4. The number of terminal acetylenes is 1. The maximum Gasteiger partial charge on any atom is 0.410 e. The van der Waals surface area contributed by atoms with E-state index in [2.05, 4.69) is 27.2 Å². The molecule has 5 unspecified atom stereocenters. The summed E-state index contributed by atoms with van der Waals surface area (Å²) in [6, 6.07) is 8.88. The van der Waals surface area contributed by atoms with Gasteiger partial charge in [0.2, 0.25) is 41.7 Å². The Morgan fingerprint density at radius 3 is 1.98 bits per heavy atom. The molecule has 2 saturated heterocycles. The van der Waals surface area contributed by atoms with Crippen molar-refractivity contribution in [2.24, 2.45) is 23.7 Å². The van der Waals surface area contributed by atoms with Gasteiger partial charge in [0, 0.05) is 65.5 Å². The van der Waals surface area contributed by atoms with Gasteiger partial charge in [0.05, 0.1) is 102 Å².